The first-order valence-corrected chi connectivity index (χ1v) is 9.42. The number of furan rings is 1. The van der Waals surface area contributed by atoms with E-state index in [1.165, 1.54) is 54.7 Å². The number of sulfonamides is 1. The Kier molecular flexibility index (Phi) is 5.51. The predicted molar refractivity (Wildman–Crippen MR) is 97.8 cm³/mol. The van der Waals surface area contributed by atoms with Gasteiger partial charge in [0.05, 0.1) is 23.3 Å². The smallest absolute Gasteiger partial charge is 0.240 e. The van der Waals surface area contributed by atoms with Crippen molar-refractivity contribution in [3.63, 3.8) is 0 Å². The molecule has 0 aliphatic carbocycles. The summed E-state index contributed by atoms with van der Waals surface area (Å²) in [5.74, 6) is 0.551. The number of rotatable bonds is 6. The first-order valence-electron chi connectivity index (χ1n) is 7.56. The minimum Gasteiger partial charge on any atom is -0.459 e. The maximum atomic E-state index is 12.8. The molecule has 0 bridgehead atoms. The Morgan fingerprint density at radius 2 is 1.73 bits per heavy atom. The summed E-state index contributed by atoms with van der Waals surface area (Å²) in [7, 11) is -3.66. The summed E-state index contributed by atoms with van der Waals surface area (Å²) < 4.78 is 45.2. The van der Waals surface area contributed by atoms with E-state index in [1.807, 2.05) is 0 Å². The molecule has 1 heterocycles. The quantitative estimate of drug-likeness (QED) is 0.635. The van der Waals surface area contributed by atoms with E-state index in [4.69, 9.17) is 16.0 Å². The molecule has 0 saturated carbocycles. The number of aliphatic imine (C=N–C) groups is 1. The highest BCUT2D eigenvalue weighted by molar-refractivity contribution is 7.89. The summed E-state index contributed by atoms with van der Waals surface area (Å²) in [6.07, 6.45) is 1.48. The molecule has 0 radical (unpaired) electrons. The SMILES string of the molecule is O=S(=O)(NCc1ccc(C=Nc2ccc(F)cc2)o1)c1ccc(Cl)cc1. The molecule has 0 saturated heterocycles. The second-order valence-electron chi connectivity index (χ2n) is 5.32. The van der Waals surface area contributed by atoms with Crippen molar-refractivity contribution in [2.24, 2.45) is 4.99 Å². The minimum absolute atomic E-state index is 0.00462. The third-order valence-corrected chi connectivity index (χ3v) is 5.08. The zero-order chi connectivity index (χ0) is 18.6. The van der Waals surface area contributed by atoms with Gasteiger partial charge in [0.2, 0.25) is 10.0 Å². The van der Waals surface area contributed by atoms with E-state index in [0.29, 0.717) is 22.2 Å². The second-order valence-corrected chi connectivity index (χ2v) is 7.52. The molecule has 0 aliphatic rings. The molecule has 2 aromatic carbocycles. The van der Waals surface area contributed by atoms with Crippen LogP contribution in [0.3, 0.4) is 0 Å². The van der Waals surface area contributed by atoms with Crippen molar-refractivity contribution in [2.45, 2.75) is 11.4 Å². The van der Waals surface area contributed by atoms with Gasteiger partial charge in [0.25, 0.3) is 0 Å². The average Bonchev–Trinajstić information content (AvgIpc) is 3.08. The van der Waals surface area contributed by atoms with Crippen LogP contribution < -0.4 is 4.72 Å². The van der Waals surface area contributed by atoms with E-state index in [-0.39, 0.29) is 17.3 Å². The first kappa shape index (κ1) is 18.3. The standard InChI is InChI=1S/C18H14ClFN2O3S/c19-13-1-9-18(10-2-13)26(23,24)22-12-17-8-7-16(25-17)11-21-15-5-3-14(20)4-6-15/h1-11,22H,12H2. The summed E-state index contributed by atoms with van der Waals surface area (Å²) in [6, 6.07) is 14.9. The van der Waals surface area contributed by atoms with E-state index in [2.05, 4.69) is 9.71 Å². The number of nitrogens with one attached hydrogen (secondary N) is 1. The average molecular weight is 393 g/mol. The molecule has 0 spiro atoms. The van der Waals surface area contributed by atoms with Gasteiger partial charge >= 0.3 is 0 Å². The number of nitrogens with zero attached hydrogens (tertiary/aromatic N) is 1. The molecule has 3 aromatic rings. The normalized spacial score (nSPS) is 11.9. The maximum Gasteiger partial charge on any atom is 0.240 e. The van der Waals surface area contributed by atoms with Gasteiger partial charge in [-0.2, -0.15) is 0 Å². The Morgan fingerprint density at radius 1 is 1.04 bits per heavy atom. The molecule has 5 nitrogen and oxygen atoms in total. The molecule has 0 amide bonds. The molecule has 0 fully saturated rings. The van der Waals surface area contributed by atoms with Crippen molar-refractivity contribution < 1.29 is 17.2 Å². The Morgan fingerprint density at radius 3 is 2.42 bits per heavy atom. The van der Waals surface area contributed by atoms with E-state index in [1.54, 1.807) is 12.1 Å². The van der Waals surface area contributed by atoms with Crippen molar-refractivity contribution in [3.05, 3.63) is 83.0 Å². The van der Waals surface area contributed by atoms with Crippen LogP contribution in [-0.4, -0.2) is 14.6 Å². The van der Waals surface area contributed by atoms with Gasteiger partial charge in [-0.25, -0.2) is 17.5 Å². The monoisotopic (exact) mass is 392 g/mol. The highest BCUT2D eigenvalue weighted by Gasteiger charge is 2.14. The summed E-state index contributed by atoms with van der Waals surface area (Å²) in [5, 5.41) is 0.458. The van der Waals surface area contributed by atoms with Gasteiger partial charge < -0.3 is 4.42 Å². The highest BCUT2D eigenvalue weighted by Crippen LogP contribution is 2.16. The molecule has 26 heavy (non-hydrogen) atoms. The van der Waals surface area contributed by atoms with Crippen molar-refractivity contribution in [1.82, 2.24) is 4.72 Å². The summed E-state index contributed by atoms with van der Waals surface area (Å²) >= 11 is 5.76. The first-order chi connectivity index (χ1) is 12.4. The molecule has 134 valence electrons. The molecule has 0 unspecified atom stereocenters. The van der Waals surface area contributed by atoms with Gasteiger partial charge in [-0.15, -0.1) is 0 Å². The molecule has 1 aromatic heterocycles. The highest BCUT2D eigenvalue weighted by atomic mass is 35.5. The van der Waals surface area contributed by atoms with Gasteiger partial charge in [-0.3, -0.25) is 4.99 Å². The van der Waals surface area contributed by atoms with E-state index in [0.717, 1.165) is 0 Å². The van der Waals surface area contributed by atoms with Crippen LogP contribution in [0, 0.1) is 5.82 Å². The topological polar surface area (TPSA) is 71.7 Å². The van der Waals surface area contributed by atoms with Crippen LogP contribution >= 0.6 is 11.6 Å². The summed E-state index contributed by atoms with van der Waals surface area (Å²) in [6.45, 7) is -0.00462. The van der Waals surface area contributed by atoms with E-state index in [9.17, 15) is 12.8 Å². The van der Waals surface area contributed by atoms with Crippen LogP contribution in [-0.2, 0) is 16.6 Å². The van der Waals surface area contributed by atoms with Gasteiger partial charge in [0.15, 0.2) is 0 Å². The lowest BCUT2D eigenvalue weighted by Gasteiger charge is -2.05. The van der Waals surface area contributed by atoms with Crippen molar-refractivity contribution >= 4 is 33.5 Å². The van der Waals surface area contributed by atoms with Crippen LogP contribution in [0.5, 0.6) is 0 Å². The lowest BCUT2D eigenvalue weighted by Crippen LogP contribution is -2.22. The molecular formula is C18H14ClFN2O3S. The van der Waals surface area contributed by atoms with E-state index < -0.39 is 10.0 Å². The third kappa shape index (κ3) is 4.78. The minimum atomic E-state index is -3.66. The number of hydrogen-bond acceptors (Lipinski definition) is 4. The molecule has 3 rings (SSSR count). The zero-order valence-electron chi connectivity index (χ0n) is 13.4. The Labute approximate surface area is 155 Å². The fourth-order valence-corrected chi connectivity index (χ4v) is 3.21. The Balaban J connectivity index is 1.63. The summed E-state index contributed by atoms with van der Waals surface area (Å²) in [4.78, 5) is 4.28. The molecule has 0 atom stereocenters. The number of hydrogen-bond donors (Lipinski definition) is 1. The molecular weight excluding hydrogens is 379 g/mol. The Bertz CT molecular complexity index is 1010. The van der Waals surface area contributed by atoms with Crippen LogP contribution in [0.1, 0.15) is 11.5 Å². The molecule has 1 N–H and O–H groups in total. The van der Waals surface area contributed by atoms with E-state index >= 15 is 0 Å². The van der Waals surface area contributed by atoms with Crippen molar-refractivity contribution in [1.29, 1.82) is 0 Å². The number of halogens is 2. The van der Waals surface area contributed by atoms with Crippen LogP contribution in [0.2, 0.25) is 5.02 Å². The zero-order valence-corrected chi connectivity index (χ0v) is 15.0. The number of benzene rings is 2. The van der Waals surface area contributed by atoms with Crippen LogP contribution in [0.4, 0.5) is 10.1 Å². The van der Waals surface area contributed by atoms with Gasteiger partial charge in [-0.05, 0) is 60.7 Å². The van der Waals surface area contributed by atoms with Crippen molar-refractivity contribution in [3.8, 4) is 0 Å². The van der Waals surface area contributed by atoms with Gasteiger partial charge in [0, 0.05) is 5.02 Å². The largest absolute Gasteiger partial charge is 0.459 e. The lowest BCUT2D eigenvalue weighted by molar-refractivity contribution is 0.494. The maximum absolute atomic E-state index is 12.8. The van der Waals surface area contributed by atoms with Crippen LogP contribution in [0.25, 0.3) is 0 Å². The lowest BCUT2D eigenvalue weighted by atomic mass is 10.3. The molecule has 8 heteroatoms. The van der Waals surface area contributed by atoms with Crippen LogP contribution in [0.15, 0.2) is 75.0 Å². The fraction of sp³-hybridized carbons (Fsp3) is 0.0556. The molecule has 0 aliphatic heterocycles. The Hall–Kier alpha value is -2.48. The summed E-state index contributed by atoms with van der Waals surface area (Å²) in [5.41, 5.74) is 0.577. The van der Waals surface area contributed by atoms with Gasteiger partial charge in [0.1, 0.15) is 17.3 Å². The third-order valence-electron chi connectivity index (χ3n) is 3.41. The fourth-order valence-electron chi connectivity index (χ4n) is 2.09. The van der Waals surface area contributed by atoms with Crippen molar-refractivity contribution in [2.75, 3.05) is 0 Å². The predicted octanol–water partition coefficient (Wildman–Crippen LogP) is 4.30. The second kappa shape index (κ2) is 7.82. The van der Waals surface area contributed by atoms with Gasteiger partial charge in [-0.1, -0.05) is 11.6 Å².